The van der Waals surface area contributed by atoms with Crippen LogP contribution in [0.3, 0.4) is 0 Å². The van der Waals surface area contributed by atoms with Crippen LogP contribution in [0.5, 0.6) is 0 Å². The zero-order valence-electron chi connectivity index (χ0n) is 50.5. The lowest BCUT2D eigenvalue weighted by Crippen LogP contribution is -2.29. The molecule has 1 atom stereocenters. The zero-order valence-corrected chi connectivity index (χ0v) is 51.4. The Morgan fingerprint density at radius 2 is 0.728 bits per heavy atom. The first-order valence-corrected chi connectivity index (χ1v) is 32.8. The summed E-state index contributed by atoms with van der Waals surface area (Å²) >= 11 is 0. The first kappa shape index (κ1) is 55.6. The van der Waals surface area contributed by atoms with Gasteiger partial charge in [0.05, 0.1) is 33.4 Å². The van der Waals surface area contributed by atoms with E-state index >= 15 is 4.57 Å². The van der Waals surface area contributed by atoms with E-state index in [-0.39, 0.29) is 0 Å². The Kier molecular flexibility index (Phi) is 14.1. The Balaban J connectivity index is 0.750. The molecule has 0 fully saturated rings. The predicted molar refractivity (Wildman–Crippen MR) is 392 cm³/mol. The fourth-order valence-electron chi connectivity index (χ4n) is 13.7. The SMILES string of the molecule is C=CC=c1c(N(c2ccccc2)c2ccc(-c3ccc(N(c4cccc(-c5ccc6c7ccccc7n(-c7ccc(P(=O)(c8ccccc8)c8ccc(-n9c%10ccccc%10c%10ccccc%109)cc8)cc7)c6c5)c4)c4cccc5ccccc45)cc3)cc2)cccc1=C. The van der Waals surface area contributed by atoms with E-state index in [4.69, 9.17) is 0 Å². The maximum atomic E-state index is 16.2. The monoisotopic (exact) mass is 1200 g/mol. The second-order valence-corrected chi connectivity index (χ2v) is 26.1. The van der Waals surface area contributed by atoms with Gasteiger partial charge in [-0.2, -0.15) is 0 Å². The number of hydrogen-bond acceptors (Lipinski definition) is 3. The van der Waals surface area contributed by atoms with Gasteiger partial charge in [0.15, 0.2) is 7.14 Å². The van der Waals surface area contributed by atoms with Gasteiger partial charge in [0.25, 0.3) is 0 Å². The second-order valence-electron chi connectivity index (χ2n) is 23.3. The van der Waals surface area contributed by atoms with E-state index in [9.17, 15) is 0 Å². The molecule has 0 bridgehead atoms. The molecule has 0 saturated carbocycles. The van der Waals surface area contributed by atoms with Crippen LogP contribution in [0.25, 0.3) is 101 Å². The summed E-state index contributed by atoms with van der Waals surface area (Å²) in [5.74, 6) is 0. The van der Waals surface area contributed by atoms with E-state index in [2.05, 4.69) is 323 Å². The van der Waals surface area contributed by atoms with E-state index in [0.29, 0.717) is 0 Å². The van der Waals surface area contributed by atoms with Crippen molar-refractivity contribution in [2.45, 2.75) is 0 Å². The topological polar surface area (TPSA) is 33.4 Å². The van der Waals surface area contributed by atoms with E-state index in [0.717, 1.165) is 132 Å². The number of rotatable bonds is 14. The number of aromatic nitrogens is 2. The van der Waals surface area contributed by atoms with Crippen molar-refractivity contribution in [3.05, 3.63) is 357 Å². The Morgan fingerprint density at radius 3 is 1.32 bits per heavy atom. The van der Waals surface area contributed by atoms with Gasteiger partial charge in [-0.05, 0) is 166 Å². The molecule has 0 aliphatic heterocycles. The molecule has 0 amide bonds. The van der Waals surface area contributed by atoms with E-state index in [1.807, 2.05) is 54.6 Å². The van der Waals surface area contributed by atoms with Gasteiger partial charge in [0, 0.05) is 82.2 Å². The van der Waals surface area contributed by atoms with E-state index < -0.39 is 7.14 Å². The summed E-state index contributed by atoms with van der Waals surface area (Å²) in [7, 11) is -3.35. The van der Waals surface area contributed by atoms with Crippen LogP contribution in [0.1, 0.15) is 0 Å². The minimum atomic E-state index is -3.35. The average Bonchev–Trinajstić information content (AvgIpc) is 1.92. The van der Waals surface area contributed by atoms with Crippen LogP contribution in [0, 0.1) is 0 Å². The molecule has 2 heterocycles. The highest BCUT2D eigenvalue weighted by molar-refractivity contribution is 7.85. The highest BCUT2D eigenvalue weighted by atomic mass is 31.2. The molecule has 6 heteroatoms. The summed E-state index contributed by atoms with van der Waals surface area (Å²) in [4.78, 5) is 4.67. The molecule has 0 aliphatic carbocycles. The van der Waals surface area contributed by atoms with Crippen molar-refractivity contribution in [1.82, 2.24) is 9.13 Å². The smallest absolute Gasteiger partial charge is 0.171 e. The molecular weight excluding hydrogens is 1140 g/mol. The summed E-state index contributed by atoms with van der Waals surface area (Å²) in [6.45, 7) is 8.38. The molecule has 0 saturated heterocycles. The molecule has 0 spiro atoms. The Hall–Kier alpha value is -11.8. The number of para-hydroxylation sites is 4. The van der Waals surface area contributed by atoms with Crippen LogP contribution in [0.4, 0.5) is 34.1 Å². The highest BCUT2D eigenvalue weighted by Crippen LogP contribution is 2.46. The first-order chi connectivity index (χ1) is 45.4. The van der Waals surface area contributed by atoms with Gasteiger partial charge in [0.2, 0.25) is 0 Å². The summed E-state index contributed by atoms with van der Waals surface area (Å²) in [5, 5.41) is 11.4. The largest absolute Gasteiger partial charge is 0.310 e. The van der Waals surface area contributed by atoms with E-state index in [1.54, 1.807) is 0 Å². The first-order valence-electron chi connectivity index (χ1n) is 31.1. The van der Waals surface area contributed by atoms with Crippen LogP contribution >= 0.6 is 7.14 Å². The predicted octanol–water partition coefficient (Wildman–Crippen LogP) is 20.3. The summed E-state index contributed by atoms with van der Waals surface area (Å²) < 4.78 is 20.8. The Bertz CT molecular complexity index is 5580. The Labute approximate surface area is 534 Å². The number of benzene rings is 14. The van der Waals surface area contributed by atoms with Crippen LogP contribution < -0.4 is 36.2 Å². The standard InChI is InChI=1S/C86H61N4OP/c1-3-21-75-60(2)22-18-38-81(75)87(66-26-6-4-7-27-66)67-45-40-61(41-46-67)62-42-47-68(48-43-62)88(82-39-20-24-63-23-10-11-31-76(63)82)71-28-19-25-64(58-71)65-44-57-80-79-34-14-17-37-85(79)90(86(80)59-65)70-51-55-74(56-52-70)92(91,72-29-8-5-9-30-72)73-53-49-69(50-54-73)89-83-35-15-12-32-77(83)78-33-13-16-36-84(78)89/h3-59H,1-2H2. The lowest BCUT2D eigenvalue weighted by molar-refractivity contribution is 0.592. The molecule has 2 aromatic heterocycles. The van der Waals surface area contributed by atoms with Crippen molar-refractivity contribution >= 4 is 124 Å². The van der Waals surface area contributed by atoms with Gasteiger partial charge in [-0.3, -0.25) is 0 Å². The highest BCUT2D eigenvalue weighted by Gasteiger charge is 2.30. The van der Waals surface area contributed by atoms with E-state index in [1.165, 1.54) is 16.2 Å². The van der Waals surface area contributed by atoms with Crippen LogP contribution in [0.2, 0.25) is 0 Å². The van der Waals surface area contributed by atoms with Crippen LogP contribution in [-0.4, -0.2) is 9.13 Å². The lowest BCUT2D eigenvalue weighted by Gasteiger charge is -2.28. The molecule has 436 valence electrons. The van der Waals surface area contributed by atoms with Crippen molar-refractivity contribution in [2.75, 3.05) is 9.80 Å². The number of allylic oxidation sites excluding steroid dienone is 1. The minimum Gasteiger partial charge on any atom is -0.310 e. The number of anilines is 6. The van der Waals surface area contributed by atoms with Gasteiger partial charge >= 0.3 is 0 Å². The zero-order chi connectivity index (χ0) is 61.7. The van der Waals surface area contributed by atoms with Crippen molar-refractivity contribution in [3.8, 4) is 33.6 Å². The maximum Gasteiger partial charge on any atom is 0.171 e. The second kappa shape index (κ2) is 23.3. The summed E-state index contributed by atoms with van der Waals surface area (Å²) in [6.07, 6.45) is 3.86. The number of nitrogens with zero attached hydrogens (tertiary/aromatic N) is 4. The molecule has 92 heavy (non-hydrogen) atoms. The molecule has 0 N–H and O–H groups in total. The molecule has 0 aliphatic rings. The number of hydrogen-bond donors (Lipinski definition) is 0. The normalized spacial score (nSPS) is 12.4. The molecular formula is C86H61N4OP. The van der Waals surface area contributed by atoms with Crippen LogP contribution in [-0.2, 0) is 4.57 Å². The summed E-state index contributed by atoms with van der Waals surface area (Å²) in [5.41, 5.74) is 17.2. The fourth-order valence-corrected chi connectivity index (χ4v) is 16.3. The fraction of sp³-hybridized carbons (Fsp3) is 0. The Morgan fingerprint density at radius 1 is 0.315 bits per heavy atom. The molecule has 0 radical (unpaired) electrons. The quantitative estimate of drug-likeness (QED) is 0.102. The van der Waals surface area contributed by atoms with Gasteiger partial charge in [-0.1, -0.05) is 226 Å². The van der Waals surface area contributed by atoms with Gasteiger partial charge in [0.1, 0.15) is 0 Å². The summed E-state index contributed by atoms with van der Waals surface area (Å²) in [6, 6.07) is 118. The third-order valence-electron chi connectivity index (χ3n) is 18.1. The van der Waals surface area contributed by atoms with Crippen molar-refractivity contribution in [1.29, 1.82) is 0 Å². The van der Waals surface area contributed by atoms with Gasteiger partial charge in [-0.25, -0.2) is 0 Å². The van der Waals surface area contributed by atoms with Crippen molar-refractivity contribution in [3.63, 3.8) is 0 Å². The lowest BCUT2D eigenvalue weighted by atomic mass is 10.0. The molecule has 16 aromatic rings. The van der Waals surface area contributed by atoms with Gasteiger partial charge < -0.3 is 23.5 Å². The van der Waals surface area contributed by atoms with Crippen molar-refractivity contribution < 1.29 is 4.57 Å². The maximum absolute atomic E-state index is 16.2. The van der Waals surface area contributed by atoms with Crippen molar-refractivity contribution in [2.24, 2.45) is 0 Å². The molecule has 16 rings (SSSR count). The molecule has 1 unspecified atom stereocenters. The molecule has 5 nitrogen and oxygen atoms in total. The third kappa shape index (κ3) is 9.63. The third-order valence-corrected chi connectivity index (χ3v) is 21.1. The average molecular weight is 1200 g/mol. The van der Waals surface area contributed by atoms with Crippen LogP contribution in [0.15, 0.2) is 346 Å². The number of fused-ring (bicyclic) bond motifs is 7. The van der Waals surface area contributed by atoms with Gasteiger partial charge in [-0.15, -0.1) is 0 Å². The molecule has 14 aromatic carbocycles. The minimum absolute atomic E-state index is 0.773.